The van der Waals surface area contributed by atoms with Crippen molar-refractivity contribution in [1.82, 2.24) is 0 Å². The number of alkyl halides is 3. The molecule has 1 aromatic carbocycles. The van der Waals surface area contributed by atoms with Gasteiger partial charge in [-0.1, -0.05) is 12.1 Å². The maximum atomic E-state index is 12.3. The summed E-state index contributed by atoms with van der Waals surface area (Å²) in [4.78, 5) is 4.24. The number of nitrogens with zero attached hydrogens (tertiary/aromatic N) is 1. The van der Waals surface area contributed by atoms with Crippen molar-refractivity contribution in [1.29, 1.82) is 0 Å². The monoisotopic (exact) mass is 461 g/mol. The van der Waals surface area contributed by atoms with Gasteiger partial charge in [-0.3, -0.25) is 4.99 Å². The van der Waals surface area contributed by atoms with Crippen molar-refractivity contribution >= 4 is 47.4 Å². The van der Waals surface area contributed by atoms with E-state index in [0.717, 1.165) is 18.6 Å². The number of nitrogens with two attached hydrogens (primary N) is 1. The van der Waals surface area contributed by atoms with E-state index in [4.69, 9.17) is 5.73 Å². The SMILES string of the molecule is CC1(CN=C(N)Nc2ccccc2OC(F)(F)F)CCCS1.I. The second-order valence-corrected chi connectivity index (χ2v) is 6.95. The Balaban J connectivity index is 0.00000264. The molecule has 1 atom stereocenters. The first-order valence-electron chi connectivity index (χ1n) is 6.83. The number of ether oxygens (including phenoxy) is 1. The molecule has 1 unspecified atom stereocenters. The van der Waals surface area contributed by atoms with Crippen molar-refractivity contribution in [2.24, 2.45) is 10.7 Å². The van der Waals surface area contributed by atoms with Gasteiger partial charge in [0.15, 0.2) is 11.7 Å². The number of thioether (sulfide) groups is 1. The standard InChI is InChI=1S/C14H18F3N3OS.HI/c1-13(7-4-8-22-13)9-19-12(18)20-10-5-2-3-6-11(10)21-14(15,16)17;/h2-3,5-6H,4,7-9H2,1H3,(H3,18,19,20);1H. The van der Waals surface area contributed by atoms with E-state index < -0.39 is 6.36 Å². The van der Waals surface area contributed by atoms with Crippen LogP contribution in [-0.2, 0) is 0 Å². The number of nitrogens with one attached hydrogen (secondary N) is 1. The minimum Gasteiger partial charge on any atom is -0.404 e. The molecule has 1 fully saturated rings. The maximum Gasteiger partial charge on any atom is 0.573 e. The van der Waals surface area contributed by atoms with Crippen LogP contribution in [0, 0.1) is 0 Å². The molecule has 2 rings (SSSR count). The van der Waals surface area contributed by atoms with Crippen LogP contribution in [0.4, 0.5) is 18.9 Å². The lowest BCUT2D eigenvalue weighted by molar-refractivity contribution is -0.274. The van der Waals surface area contributed by atoms with Crippen molar-refractivity contribution in [3.05, 3.63) is 24.3 Å². The molecule has 1 heterocycles. The summed E-state index contributed by atoms with van der Waals surface area (Å²) in [5.41, 5.74) is 5.90. The van der Waals surface area contributed by atoms with Gasteiger partial charge in [-0.05, 0) is 37.7 Å². The molecule has 1 aliphatic heterocycles. The Morgan fingerprint density at radius 1 is 1.43 bits per heavy atom. The predicted octanol–water partition coefficient (Wildman–Crippen LogP) is 4.22. The third kappa shape index (κ3) is 6.66. The Hall–Kier alpha value is -0.840. The molecule has 0 spiro atoms. The summed E-state index contributed by atoms with van der Waals surface area (Å²) in [6, 6.07) is 5.72. The quantitative estimate of drug-likeness (QED) is 0.401. The molecule has 0 radical (unpaired) electrons. The Labute approximate surface area is 154 Å². The second kappa shape index (κ2) is 8.32. The lowest BCUT2D eigenvalue weighted by atomic mass is 10.1. The minimum absolute atomic E-state index is 0. The zero-order valence-corrected chi connectivity index (χ0v) is 15.7. The summed E-state index contributed by atoms with van der Waals surface area (Å²) >= 11 is 1.84. The third-order valence-electron chi connectivity index (χ3n) is 3.26. The lowest BCUT2D eigenvalue weighted by Crippen LogP contribution is -2.28. The van der Waals surface area contributed by atoms with Crippen LogP contribution >= 0.6 is 35.7 Å². The van der Waals surface area contributed by atoms with Gasteiger partial charge >= 0.3 is 6.36 Å². The van der Waals surface area contributed by atoms with Crippen LogP contribution < -0.4 is 15.8 Å². The van der Waals surface area contributed by atoms with Gasteiger partial charge in [-0.2, -0.15) is 11.8 Å². The number of guanidine groups is 1. The molecule has 0 aromatic heterocycles. The minimum atomic E-state index is -4.75. The zero-order chi connectivity index (χ0) is 16.2. The van der Waals surface area contributed by atoms with Gasteiger partial charge in [0.25, 0.3) is 0 Å². The van der Waals surface area contributed by atoms with Gasteiger partial charge < -0.3 is 15.8 Å². The predicted molar refractivity (Wildman–Crippen MR) is 98.7 cm³/mol. The highest BCUT2D eigenvalue weighted by Gasteiger charge is 2.32. The van der Waals surface area contributed by atoms with Crippen molar-refractivity contribution in [3.63, 3.8) is 0 Å². The molecule has 4 nitrogen and oxygen atoms in total. The van der Waals surface area contributed by atoms with E-state index in [-0.39, 0.29) is 46.1 Å². The summed E-state index contributed by atoms with van der Waals surface area (Å²) in [6.07, 6.45) is -2.55. The van der Waals surface area contributed by atoms with Crippen LogP contribution in [-0.4, -0.2) is 29.4 Å². The van der Waals surface area contributed by atoms with Crippen molar-refractivity contribution in [2.45, 2.75) is 30.9 Å². The van der Waals surface area contributed by atoms with E-state index in [9.17, 15) is 13.2 Å². The molecule has 9 heteroatoms. The number of rotatable bonds is 4. The Kier molecular flexibility index (Phi) is 7.30. The number of aliphatic imine (C=N–C) groups is 1. The van der Waals surface area contributed by atoms with Gasteiger partial charge in [-0.25, -0.2) is 0 Å². The number of hydrogen-bond donors (Lipinski definition) is 2. The van der Waals surface area contributed by atoms with Gasteiger partial charge in [-0.15, -0.1) is 37.1 Å². The summed E-state index contributed by atoms with van der Waals surface area (Å²) in [5.74, 6) is 0.836. The molecule has 0 aliphatic carbocycles. The first-order chi connectivity index (χ1) is 10.3. The van der Waals surface area contributed by atoms with Gasteiger partial charge in [0, 0.05) is 4.75 Å². The fourth-order valence-electron chi connectivity index (χ4n) is 2.18. The third-order valence-corrected chi connectivity index (χ3v) is 4.78. The van der Waals surface area contributed by atoms with Crippen LogP contribution in [0.25, 0.3) is 0 Å². The van der Waals surface area contributed by atoms with Crippen molar-refractivity contribution in [3.8, 4) is 5.75 Å². The summed E-state index contributed by atoms with van der Waals surface area (Å²) < 4.78 is 41.0. The molecule has 0 amide bonds. The van der Waals surface area contributed by atoms with E-state index in [0.29, 0.717) is 6.54 Å². The number of hydrogen-bond acceptors (Lipinski definition) is 3. The number of halogens is 4. The lowest BCUT2D eigenvalue weighted by Gasteiger charge is -2.20. The fraction of sp³-hybridized carbons (Fsp3) is 0.500. The van der Waals surface area contributed by atoms with Crippen molar-refractivity contribution < 1.29 is 17.9 Å². The second-order valence-electron chi connectivity index (χ2n) is 5.27. The van der Waals surface area contributed by atoms with Crippen LogP contribution in [0.3, 0.4) is 0 Å². The van der Waals surface area contributed by atoms with Crippen LogP contribution in [0.1, 0.15) is 19.8 Å². The molecule has 1 aromatic rings. The maximum absolute atomic E-state index is 12.3. The Bertz CT molecular complexity index is 548. The number of benzene rings is 1. The summed E-state index contributed by atoms with van der Waals surface area (Å²) in [7, 11) is 0. The molecule has 1 saturated heterocycles. The van der Waals surface area contributed by atoms with Gasteiger partial charge in [0.05, 0.1) is 12.2 Å². The summed E-state index contributed by atoms with van der Waals surface area (Å²) in [5, 5.41) is 2.67. The van der Waals surface area contributed by atoms with Crippen LogP contribution in [0.2, 0.25) is 0 Å². The molecular weight excluding hydrogens is 442 g/mol. The molecular formula is C14H19F3IN3OS. The van der Waals surface area contributed by atoms with E-state index in [1.165, 1.54) is 18.2 Å². The molecule has 23 heavy (non-hydrogen) atoms. The van der Waals surface area contributed by atoms with E-state index in [1.807, 2.05) is 11.8 Å². The molecule has 3 N–H and O–H groups in total. The number of para-hydroxylation sites is 2. The molecule has 0 saturated carbocycles. The molecule has 130 valence electrons. The first-order valence-corrected chi connectivity index (χ1v) is 7.82. The smallest absolute Gasteiger partial charge is 0.404 e. The zero-order valence-electron chi connectivity index (χ0n) is 12.5. The van der Waals surface area contributed by atoms with Crippen LogP contribution in [0.5, 0.6) is 5.75 Å². The first kappa shape index (κ1) is 20.2. The average molecular weight is 461 g/mol. The van der Waals surface area contributed by atoms with E-state index in [1.54, 1.807) is 6.07 Å². The Morgan fingerprint density at radius 2 is 2.13 bits per heavy atom. The van der Waals surface area contributed by atoms with Crippen molar-refractivity contribution in [2.75, 3.05) is 17.6 Å². The Morgan fingerprint density at radius 3 is 2.74 bits per heavy atom. The highest BCUT2D eigenvalue weighted by Crippen LogP contribution is 2.37. The normalized spacial score (nSPS) is 21.7. The van der Waals surface area contributed by atoms with E-state index in [2.05, 4.69) is 22.0 Å². The van der Waals surface area contributed by atoms with Crippen LogP contribution in [0.15, 0.2) is 29.3 Å². The molecule has 1 aliphatic rings. The van der Waals surface area contributed by atoms with Gasteiger partial charge in [0.1, 0.15) is 0 Å². The van der Waals surface area contributed by atoms with Gasteiger partial charge in [0.2, 0.25) is 0 Å². The highest BCUT2D eigenvalue weighted by atomic mass is 127. The average Bonchev–Trinajstić information content (AvgIpc) is 2.85. The largest absolute Gasteiger partial charge is 0.573 e. The van der Waals surface area contributed by atoms with E-state index >= 15 is 0 Å². The topological polar surface area (TPSA) is 59.6 Å². The highest BCUT2D eigenvalue weighted by molar-refractivity contribution is 14.0. The summed E-state index contributed by atoms with van der Waals surface area (Å²) in [6.45, 7) is 2.64. The number of anilines is 1. The molecule has 0 bridgehead atoms. The fourth-order valence-corrected chi connectivity index (χ4v) is 3.40.